The molecule has 1 saturated heterocycles. The van der Waals surface area contributed by atoms with Crippen LogP contribution in [-0.4, -0.2) is 44.2 Å². The molecule has 1 aromatic heterocycles. The van der Waals surface area contributed by atoms with Gasteiger partial charge in [-0.05, 0) is 12.1 Å². The van der Waals surface area contributed by atoms with Crippen molar-refractivity contribution in [1.29, 1.82) is 0 Å². The molecule has 108 valence electrons. The highest BCUT2D eigenvalue weighted by Gasteiger charge is 2.39. The second-order valence-corrected chi connectivity index (χ2v) is 5.82. The van der Waals surface area contributed by atoms with Crippen molar-refractivity contribution in [2.45, 2.75) is 11.7 Å². The molecule has 1 fully saturated rings. The van der Waals surface area contributed by atoms with Crippen molar-refractivity contribution >= 4 is 27.9 Å². The van der Waals surface area contributed by atoms with Crippen molar-refractivity contribution in [2.24, 2.45) is 0 Å². The van der Waals surface area contributed by atoms with Crippen LogP contribution in [0.25, 0.3) is 0 Å². The number of rotatable bonds is 3. The van der Waals surface area contributed by atoms with Crippen LogP contribution in [0.4, 0.5) is 9.70 Å². The predicted molar refractivity (Wildman–Crippen MR) is 66.4 cm³/mol. The molecule has 1 aliphatic heterocycles. The zero-order valence-corrected chi connectivity index (χ0v) is 11.3. The van der Waals surface area contributed by atoms with Gasteiger partial charge in [-0.2, -0.15) is 8.42 Å². The monoisotopic (exact) mass is 302 g/mol. The van der Waals surface area contributed by atoms with E-state index in [1.165, 1.54) is 25.4 Å². The van der Waals surface area contributed by atoms with E-state index >= 15 is 0 Å². The average molecular weight is 302 g/mol. The van der Waals surface area contributed by atoms with Gasteiger partial charge in [0, 0.05) is 19.2 Å². The van der Waals surface area contributed by atoms with E-state index in [0.717, 1.165) is 4.90 Å². The molecule has 7 nitrogen and oxygen atoms in total. The lowest BCUT2D eigenvalue weighted by Crippen LogP contribution is -2.27. The molecule has 1 unspecified atom stereocenters. The van der Waals surface area contributed by atoms with Crippen LogP contribution in [0.1, 0.15) is 16.8 Å². The fourth-order valence-electron chi connectivity index (χ4n) is 1.87. The number of halogens is 1. The zero-order valence-electron chi connectivity index (χ0n) is 10.4. The van der Waals surface area contributed by atoms with Crippen molar-refractivity contribution in [3.63, 3.8) is 0 Å². The summed E-state index contributed by atoms with van der Waals surface area (Å²) >= 11 is 0. The first kappa shape index (κ1) is 14.4. The smallest absolute Gasteiger partial charge is 0.339 e. The molecule has 0 spiro atoms. The van der Waals surface area contributed by atoms with Gasteiger partial charge in [0.15, 0.2) is 0 Å². The molecule has 1 amide bonds. The fourth-order valence-corrected chi connectivity index (χ4v) is 2.54. The highest BCUT2D eigenvalue weighted by atomic mass is 32.3. The van der Waals surface area contributed by atoms with Gasteiger partial charge in [0.1, 0.15) is 11.1 Å². The Morgan fingerprint density at radius 1 is 1.50 bits per heavy atom. The summed E-state index contributed by atoms with van der Waals surface area (Å²) < 4.78 is 39.0. The van der Waals surface area contributed by atoms with Crippen LogP contribution in [0.2, 0.25) is 0 Å². The molecule has 1 aliphatic rings. The Morgan fingerprint density at radius 2 is 2.20 bits per heavy atom. The highest BCUT2D eigenvalue weighted by Crippen LogP contribution is 2.24. The van der Waals surface area contributed by atoms with E-state index < -0.39 is 33.8 Å². The normalized spacial score (nSPS) is 19.2. The molecule has 1 aromatic rings. The van der Waals surface area contributed by atoms with Gasteiger partial charge in [0.2, 0.25) is 5.91 Å². The molecule has 1 atom stereocenters. The van der Waals surface area contributed by atoms with Crippen LogP contribution < -0.4 is 4.90 Å². The molecule has 0 N–H and O–H groups in total. The Bertz CT molecular complexity index is 643. The van der Waals surface area contributed by atoms with Crippen molar-refractivity contribution in [1.82, 2.24) is 4.98 Å². The average Bonchev–Trinajstić information content (AvgIpc) is 2.80. The van der Waals surface area contributed by atoms with E-state index in [1.807, 2.05) is 0 Å². The molecule has 9 heteroatoms. The largest absolute Gasteiger partial charge is 0.465 e. The van der Waals surface area contributed by atoms with Gasteiger partial charge < -0.3 is 4.74 Å². The first-order valence-electron chi connectivity index (χ1n) is 5.61. The first-order valence-corrected chi connectivity index (χ1v) is 7.06. The lowest BCUT2D eigenvalue weighted by Gasteiger charge is -2.14. The number of hydrogen-bond donors (Lipinski definition) is 0. The van der Waals surface area contributed by atoms with Gasteiger partial charge in [0.25, 0.3) is 0 Å². The lowest BCUT2D eigenvalue weighted by atomic mass is 10.3. The van der Waals surface area contributed by atoms with Gasteiger partial charge in [-0.1, -0.05) is 0 Å². The number of esters is 1. The number of carbonyl (C=O) groups is 2. The number of pyridine rings is 1. The van der Waals surface area contributed by atoms with Gasteiger partial charge in [-0.15, -0.1) is 3.89 Å². The van der Waals surface area contributed by atoms with Crippen molar-refractivity contribution in [3.05, 3.63) is 23.9 Å². The molecule has 20 heavy (non-hydrogen) atoms. The molecule has 0 aromatic carbocycles. The Labute approximate surface area is 114 Å². The highest BCUT2D eigenvalue weighted by molar-refractivity contribution is 7.87. The maximum Gasteiger partial charge on any atom is 0.339 e. The molecule has 0 radical (unpaired) electrons. The Kier molecular flexibility index (Phi) is 3.71. The molecule has 2 rings (SSSR count). The Balaban J connectivity index is 2.21. The zero-order chi connectivity index (χ0) is 14.9. The number of amides is 1. The number of methoxy groups -OCH3 is 1. The SMILES string of the molecule is COC(=O)c1ccc(N2CC(S(=O)(=O)F)CC2=O)nc1. The molecule has 0 aliphatic carbocycles. The minimum atomic E-state index is -4.77. The summed E-state index contributed by atoms with van der Waals surface area (Å²) in [6.07, 6.45) is 0.783. The van der Waals surface area contributed by atoms with E-state index in [2.05, 4.69) is 9.72 Å². The van der Waals surface area contributed by atoms with Gasteiger partial charge in [0.05, 0.1) is 12.7 Å². The van der Waals surface area contributed by atoms with E-state index in [1.54, 1.807) is 0 Å². The number of carbonyl (C=O) groups excluding carboxylic acids is 2. The number of aromatic nitrogens is 1. The topological polar surface area (TPSA) is 93.6 Å². The maximum absolute atomic E-state index is 12.9. The number of hydrogen-bond acceptors (Lipinski definition) is 6. The fraction of sp³-hybridized carbons (Fsp3) is 0.364. The minimum Gasteiger partial charge on any atom is -0.465 e. The van der Waals surface area contributed by atoms with Crippen LogP contribution in [0, 0.1) is 0 Å². The van der Waals surface area contributed by atoms with Gasteiger partial charge in [-0.3, -0.25) is 9.69 Å². The van der Waals surface area contributed by atoms with Crippen LogP contribution in [0.15, 0.2) is 18.3 Å². The minimum absolute atomic E-state index is 0.161. The summed E-state index contributed by atoms with van der Waals surface area (Å²) in [5, 5.41) is -1.38. The van der Waals surface area contributed by atoms with E-state index in [-0.39, 0.29) is 17.9 Å². The predicted octanol–water partition coefficient (Wildman–Crippen LogP) is 0.273. The Hall–Kier alpha value is -2.03. The summed E-state index contributed by atoms with van der Waals surface area (Å²) in [5.74, 6) is -0.954. The molecule has 0 bridgehead atoms. The first-order chi connectivity index (χ1) is 9.32. The summed E-state index contributed by atoms with van der Waals surface area (Å²) in [5.41, 5.74) is 0.192. The van der Waals surface area contributed by atoms with E-state index in [4.69, 9.17) is 0 Å². The summed E-state index contributed by atoms with van der Waals surface area (Å²) in [6.45, 7) is -0.289. The number of ether oxygens (including phenoxy) is 1. The molecular formula is C11H11FN2O5S. The standard InChI is InChI=1S/C11H11FN2O5S/c1-19-11(16)7-2-3-9(13-5-7)14-6-8(4-10(14)15)20(12,17)18/h2-3,5,8H,4,6H2,1H3. The third-order valence-electron chi connectivity index (χ3n) is 2.93. The summed E-state index contributed by atoms with van der Waals surface area (Å²) in [7, 11) is -3.55. The van der Waals surface area contributed by atoms with Crippen LogP contribution in [0.5, 0.6) is 0 Å². The second-order valence-electron chi connectivity index (χ2n) is 4.20. The van der Waals surface area contributed by atoms with Crippen LogP contribution in [-0.2, 0) is 19.8 Å². The van der Waals surface area contributed by atoms with Crippen molar-refractivity contribution < 1.29 is 26.6 Å². The number of nitrogens with zero attached hydrogens (tertiary/aromatic N) is 2. The van der Waals surface area contributed by atoms with E-state index in [9.17, 15) is 21.9 Å². The molecular weight excluding hydrogens is 291 g/mol. The third kappa shape index (κ3) is 2.77. The van der Waals surface area contributed by atoms with Gasteiger partial charge >= 0.3 is 16.2 Å². The van der Waals surface area contributed by atoms with Crippen LogP contribution in [0.3, 0.4) is 0 Å². The van der Waals surface area contributed by atoms with Crippen molar-refractivity contribution in [3.8, 4) is 0 Å². The second kappa shape index (κ2) is 5.16. The Morgan fingerprint density at radius 3 is 2.65 bits per heavy atom. The summed E-state index contributed by atoms with van der Waals surface area (Å²) in [4.78, 5) is 27.8. The molecule has 0 saturated carbocycles. The number of anilines is 1. The van der Waals surface area contributed by atoms with E-state index in [0.29, 0.717) is 0 Å². The van der Waals surface area contributed by atoms with Gasteiger partial charge in [-0.25, -0.2) is 9.78 Å². The maximum atomic E-state index is 12.9. The quantitative estimate of drug-likeness (QED) is 0.588. The molecule has 2 heterocycles. The summed E-state index contributed by atoms with van der Waals surface area (Å²) in [6, 6.07) is 2.76. The lowest BCUT2D eigenvalue weighted by molar-refractivity contribution is -0.117. The third-order valence-corrected chi connectivity index (χ3v) is 4.05. The van der Waals surface area contributed by atoms with Crippen LogP contribution >= 0.6 is 0 Å². The van der Waals surface area contributed by atoms with Crippen molar-refractivity contribution in [2.75, 3.05) is 18.6 Å².